The van der Waals surface area contributed by atoms with E-state index in [-0.39, 0.29) is 12.1 Å². The van der Waals surface area contributed by atoms with Gasteiger partial charge in [-0.15, -0.1) is 11.3 Å². The third-order valence-corrected chi connectivity index (χ3v) is 3.90. The summed E-state index contributed by atoms with van der Waals surface area (Å²) in [7, 11) is 0. The molecule has 0 aliphatic rings. The van der Waals surface area contributed by atoms with Gasteiger partial charge in [0.2, 0.25) is 0 Å². The Morgan fingerprint density at radius 3 is 2.62 bits per heavy atom. The number of furan rings is 1. The van der Waals surface area contributed by atoms with Gasteiger partial charge in [0.1, 0.15) is 5.76 Å². The highest BCUT2D eigenvalue weighted by Crippen LogP contribution is 2.28. The normalized spacial score (nSPS) is 14.9. The molecule has 2 aromatic heterocycles. The lowest BCUT2D eigenvalue weighted by Gasteiger charge is -2.17. The maximum atomic E-state index is 5.91. The Morgan fingerprint density at radius 1 is 1.25 bits per heavy atom. The summed E-state index contributed by atoms with van der Waals surface area (Å²) in [5.41, 5.74) is 0. The molecule has 1 unspecified atom stereocenters. The zero-order valence-electron chi connectivity index (χ0n) is 9.24. The van der Waals surface area contributed by atoms with E-state index in [0.29, 0.717) is 0 Å². The van der Waals surface area contributed by atoms with Crippen LogP contribution in [0.1, 0.15) is 36.6 Å². The largest absolute Gasteiger partial charge is 0.468 e. The highest BCUT2D eigenvalue weighted by Gasteiger charge is 2.14. The van der Waals surface area contributed by atoms with Gasteiger partial charge in [-0.25, -0.2) is 0 Å². The van der Waals surface area contributed by atoms with Gasteiger partial charge in [0.05, 0.1) is 16.6 Å². The molecule has 2 heterocycles. The molecule has 4 heteroatoms. The van der Waals surface area contributed by atoms with E-state index in [2.05, 4.69) is 25.2 Å². The lowest BCUT2D eigenvalue weighted by Crippen LogP contribution is -2.21. The second-order valence-electron chi connectivity index (χ2n) is 3.77. The van der Waals surface area contributed by atoms with Crippen LogP contribution in [-0.2, 0) is 0 Å². The molecule has 0 aliphatic heterocycles. The minimum Gasteiger partial charge on any atom is -0.468 e. The number of thiophene rings is 1. The van der Waals surface area contributed by atoms with Gasteiger partial charge < -0.3 is 9.73 Å². The Kier molecular flexibility index (Phi) is 3.69. The van der Waals surface area contributed by atoms with Crippen molar-refractivity contribution in [2.24, 2.45) is 0 Å². The van der Waals surface area contributed by atoms with E-state index in [1.807, 2.05) is 18.2 Å². The number of hydrogen-bond donors (Lipinski definition) is 1. The molecule has 0 saturated carbocycles. The van der Waals surface area contributed by atoms with Crippen LogP contribution in [0.5, 0.6) is 0 Å². The van der Waals surface area contributed by atoms with E-state index in [9.17, 15) is 0 Å². The van der Waals surface area contributed by atoms with Crippen molar-refractivity contribution in [3.8, 4) is 0 Å². The van der Waals surface area contributed by atoms with Crippen molar-refractivity contribution in [1.82, 2.24) is 5.32 Å². The van der Waals surface area contributed by atoms with Crippen LogP contribution in [0.4, 0.5) is 0 Å². The maximum absolute atomic E-state index is 5.91. The van der Waals surface area contributed by atoms with Crippen molar-refractivity contribution in [2.45, 2.75) is 25.9 Å². The number of rotatable bonds is 4. The fraction of sp³-hybridized carbons (Fsp3) is 0.333. The van der Waals surface area contributed by atoms with E-state index < -0.39 is 0 Å². The summed E-state index contributed by atoms with van der Waals surface area (Å²) < 4.78 is 6.18. The summed E-state index contributed by atoms with van der Waals surface area (Å²) in [5, 5.41) is 3.47. The molecule has 0 amide bonds. The predicted octanol–water partition coefficient (Wildman–Crippen LogP) is 4.41. The minimum atomic E-state index is 0.200. The van der Waals surface area contributed by atoms with Gasteiger partial charge in [0, 0.05) is 10.9 Å². The monoisotopic (exact) mass is 255 g/mol. The van der Waals surface area contributed by atoms with Gasteiger partial charge in [-0.3, -0.25) is 0 Å². The average molecular weight is 256 g/mol. The lowest BCUT2D eigenvalue weighted by molar-refractivity contribution is 0.405. The summed E-state index contributed by atoms with van der Waals surface area (Å²) >= 11 is 7.52. The molecule has 86 valence electrons. The van der Waals surface area contributed by atoms with Crippen LogP contribution in [0, 0.1) is 0 Å². The number of halogens is 1. The van der Waals surface area contributed by atoms with E-state index in [1.165, 1.54) is 4.88 Å². The minimum absolute atomic E-state index is 0.200. The van der Waals surface area contributed by atoms with Crippen molar-refractivity contribution < 1.29 is 4.42 Å². The molecule has 0 fully saturated rings. The first-order valence-corrected chi connectivity index (χ1v) is 6.41. The topological polar surface area (TPSA) is 25.2 Å². The molecule has 1 N–H and O–H groups in total. The Balaban J connectivity index is 2.00. The quantitative estimate of drug-likeness (QED) is 0.876. The van der Waals surface area contributed by atoms with Crippen LogP contribution in [-0.4, -0.2) is 0 Å². The first kappa shape index (κ1) is 11.7. The zero-order valence-corrected chi connectivity index (χ0v) is 10.8. The van der Waals surface area contributed by atoms with Crippen LogP contribution in [0.15, 0.2) is 34.9 Å². The van der Waals surface area contributed by atoms with Gasteiger partial charge in [-0.1, -0.05) is 11.6 Å². The second-order valence-corrected chi connectivity index (χ2v) is 5.51. The van der Waals surface area contributed by atoms with Crippen LogP contribution in [0.3, 0.4) is 0 Å². The zero-order chi connectivity index (χ0) is 11.5. The molecule has 16 heavy (non-hydrogen) atoms. The Morgan fingerprint density at radius 2 is 2.06 bits per heavy atom. The van der Waals surface area contributed by atoms with Crippen molar-refractivity contribution in [1.29, 1.82) is 0 Å². The van der Waals surface area contributed by atoms with Gasteiger partial charge >= 0.3 is 0 Å². The third kappa shape index (κ3) is 2.67. The molecule has 0 bridgehead atoms. The predicted molar refractivity (Wildman–Crippen MR) is 68.0 cm³/mol. The standard InChI is InChI=1S/C12H14ClNOS/c1-8(10-4-3-7-15-10)14-9(2)11-5-6-12(13)16-11/h3-9,14H,1-2H3/t8-,9?/m1/s1. The van der Waals surface area contributed by atoms with Gasteiger partial charge in [-0.05, 0) is 38.1 Å². The van der Waals surface area contributed by atoms with Crippen molar-refractivity contribution in [3.63, 3.8) is 0 Å². The first-order valence-electron chi connectivity index (χ1n) is 5.21. The summed E-state index contributed by atoms with van der Waals surface area (Å²) in [6.07, 6.45) is 1.69. The van der Waals surface area contributed by atoms with E-state index >= 15 is 0 Å². The fourth-order valence-corrected chi connectivity index (χ4v) is 2.71. The summed E-state index contributed by atoms with van der Waals surface area (Å²) in [5.74, 6) is 0.953. The van der Waals surface area contributed by atoms with Gasteiger partial charge in [0.25, 0.3) is 0 Å². The molecule has 0 aromatic carbocycles. The molecule has 2 rings (SSSR count). The van der Waals surface area contributed by atoms with Crippen molar-refractivity contribution in [2.75, 3.05) is 0 Å². The van der Waals surface area contributed by atoms with E-state index in [4.69, 9.17) is 16.0 Å². The van der Waals surface area contributed by atoms with Crippen LogP contribution in [0.2, 0.25) is 4.34 Å². The molecule has 2 atom stereocenters. The second kappa shape index (κ2) is 5.04. The molecule has 2 nitrogen and oxygen atoms in total. The molecule has 0 radical (unpaired) electrons. The maximum Gasteiger partial charge on any atom is 0.120 e. The SMILES string of the molecule is CC(N[C@H](C)c1ccco1)c1ccc(Cl)s1. The van der Waals surface area contributed by atoms with Gasteiger partial charge in [-0.2, -0.15) is 0 Å². The summed E-state index contributed by atoms with van der Waals surface area (Å²) in [6.45, 7) is 4.21. The van der Waals surface area contributed by atoms with Crippen molar-refractivity contribution >= 4 is 22.9 Å². The third-order valence-electron chi connectivity index (χ3n) is 2.49. The summed E-state index contributed by atoms with van der Waals surface area (Å²) in [4.78, 5) is 1.24. The van der Waals surface area contributed by atoms with Crippen molar-refractivity contribution in [3.05, 3.63) is 45.5 Å². The van der Waals surface area contributed by atoms with E-state index in [0.717, 1.165) is 10.1 Å². The molecular weight excluding hydrogens is 242 g/mol. The Hall–Kier alpha value is -0.770. The van der Waals surface area contributed by atoms with E-state index in [1.54, 1.807) is 17.6 Å². The number of hydrogen-bond acceptors (Lipinski definition) is 3. The Labute approximate surface area is 104 Å². The smallest absolute Gasteiger partial charge is 0.120 e. The molecular formula is C12H14ClNOS. The van der Waals surface area contributed by atoms with Crippen LogP contribution < -0.4 is 5.32 Å². The number of nitrogens with one attached hydrogen (secondary N) is 1. The highest BCUT2D eigenvalue weighted by atomic mass is 35.5. The van der Waals surface area contributed by atoms with Gasteiger partial charge in [0.15, 0.2) is 0 Å². The Bertz CT molecular complexity index is 438. The molecule has 0 aliphatic carbocycles. The van der Waals surface area contributed by atoms with Crippen LogP contribution >= 0.6 is 22.9 Å². The van der Waals surface area contributed by atoms with Crippen LogP contribution in [0.25, 0.3) is 0 Å². The highest BCUT2D eigenvalue weighted by molar-refractivity contribution is 7.16. The molecule has 0 spiro atoms. The summed E-state index contributed by atoms with van der Waals surface area (Å²) in [6, 6.07) is 8.34. The molecule has 0 saturated heterocycles. The molecule has 2 aromatic rings. The first-order chi connectivity index (χ1) is 7.66. The average Bonchev–Trinajstić information content (AvgIpc) is 2.87. The fourth-order valence-electron chi connectivity index (χ4n) is 1.64. The lowest BCUT2D eigenvalue weighted by atomic mass is 10.2.